The molecule has 1 heterocycles. The molecule has 0 bridgehead atoms. The monoisotopic (exact) mass is 282 g/mol. The minimum Gasteiger partial charge on any atom is -0.409 e. The van der Waals surface area contributed by atoms with Gasteiger partial charge in [-0.15, -0.1) is 0 Å². The number of nitrogens with zero attached hydrogens (tertiary/aromatic N) is 3. The van der Waals surface area contributed by atoms with Crippen molar-refractivity contribution in [1.82, 2.24) is 9.80 Å². The number of rotatable bonds is 2. The third-order valence-electron chi connectivity index (χ3n) is 4.36. The first-order chi connectivity index (χ1) is 9.40. The standard InChI is InChI=1S/C13H22N4O3/c1-9-6-13(7-9,11(14)15-20)12(19)17-5-3-4-16(2)10(18)8-17/h9,20H,3-8H2,1-2H3,(H2,14,15). The Morgan fingerprint density at radius 3 is 2.65 bits per heavy atom. The topological polar surface area (TPSA) is 99.2 Å². The van der Waals surface area contributed by atoms with E-state index in [9.17, 15) is 9.59 Å². The number of hydrogen-bond donors (Lipinski definition) is 2. The molecule has 1 aliphatic carbocycles. The van der Waals surface area contributed by atoms with E-state index in [2.05, 4.69) is 5.16 Å². The van der Waals surface area contributed by atoms with Crippen LogP contribution in [0.2, 0.25) is 0 Å². The Morgan fingerprint density at radius 2 is 2.10 bits per heavy atom. The van der Waals surface area contributed by atoms with Gasteiger partial charge < -0.3 is 20.7 Å². The molecule has 1 saturated carbocycles. The van der Waals surface area contributed by atoms with Gasteiger partial charge in [0, 0.05) is 20.1 Å². The molecule has 20 heavy (non-hydrogen) atoms. The second-order valence-corrected chi connectivity index (χ2v) is 5.98. The van der Waals surface area contributed by atoms with Gasteiger partial charge in [0.05, 0.1) is 6.54 Å². The van der Waals surface area contributed by atoms with Gasteiger partial charge in [-0.1, -0.05) is 12.1 Å². The molecule has 0 aromatic heterocycles. The van der Waals surface area contributed by atoms with Crippen LogP contribution in [0.5, 0.6) is 0 Å². The van der Waals surface area contributed by atoms with Crippen molar-refractivity contribution in [1.29, 1.82) is 0 Å². The number of likely N-dealkylation sites (N-methyl/N-ethyl adjacent to an activating group) is 1. The van der Waals surface area contributed by atoms with Crippen LogP contribution in [0, 0.1) is 11.3 Å². The maximum absolute atomic E-state index is 12.7. The summed E-state index contributed by atoms with van der Waals surface area (Å²) in [4.78, 5) is 27.8. The van der Waals surface area contributed by atoms with Crippen LogP contribution in [-0.4, -0.2) is 59.3 Å². The van der Waals surface area contributed by atoms with Gasteiger partial charge in [-0.2, -0.15) is 0 Å². The molecule has 1 saturated heterocycles. The van der Waals surface area contributed by atoms with Gasteiger partial charge in [0.15, 0.2) is 5.84 Å². The van der Waals surface area contributed by atoms with Crippen molar-refractivity contribution in [2.75, 3.05) is 26.7 Å². The van der Waals surface area contributed by atoms with Crippen LogP contribution < -0.4 is 5.73 Å². The Morgan fingerprint density at radius 1 is 1.45 bits per heavy atom. The van der Waals surface area contributed by atoms with E-state index in [0.29, 0.717) is 31.8 Å². The van der Waals surface area contributed by atoms with Gasteiger partial charge in [-0.3, -0.25) is 9.59 Å². The molecule has 7 heteroatoms. The van der Waals surface area contributed by atoms with Gasteiger partial charge in [0.25, 0.3) is 0 Å². The van der Waals surface area contributed by atoms with E-state index in [1.165, 1.54) is 0 Å². The first-order valence-electron chi connectivity index (χ1n) is 6.92. The fraction of sp³-hybridized carbons (Fsp3) is 0.769. The molecular weight excluding hydrogens is 260 g/mol. The second kappa shape index (κ2) is 5.30. The van der Waals surface area contributed by atoms with Crippen LogP contribution >= 0.6 is 0 Å². The van der Waals surface area contributed by atoms with E-state index >= 15 is 0 Å². The molecule has 0 unspecified atom stereocenters. The molecule has 2 aliphatic rings. The van der Waals surface area contributed by atoms with E-state index in [1.54, 1.807) is 16.8 Å². The molecule has 0 atom stereocenters. The number of carbonyl (C=O) groups is 2. The molecule has 3 N–H and O–H groups in total. The summed E-state index contributed by atoms with van der Waals surface area (Å²) >= 11 is 0. The number of amides is 2. The SMILES string of the molecule is CC1CC(C(=O)N2CCCN(C)C(=O)C2)(C(N)=NO)C1. The maximum atomic E-state index is 12.7. The molecule has 0 aromatic carbocycles. The van der Waals surface area contributed by atoms with E-state index in [0.717, 1.165) is 6.42 Å². The molecule has 0 aromatic rings. The van der Waals surface area contributed by atoms with Gasteiger partial charge >= 0.3 is 0 Å². The zero-order valence-electron chi connectivity index (χ0n) is 12.0. The third-order valence-corrected chi connectivity index (χ3v) is 4.36. The molecular formula is C13H22N4O3. The highest BCUT2D eigenvalue weighted by molar-refractivity contribution is 6.08. The van der Waals surface area contributed by atoms with E-state index in [4.69, 9.17) is 10.9 Å². The lowest BCUT2D eigenvalue weighted by Gasteiger charge is -2.45. The Labute approximate surface area is 118 Å². The summed E-state index contributed by atoms with van der Waals surface area (Å²) in [5.41, 5.74) is 4.82. The second-order valence-electron chi connectivity index (χ2n) is 5.98. The fourth-order valence-electron chi connectivity index (χ4n) is 3.18. The Bertz CT molecular complexity index is 443. The number of hydrogen-bond acceptors (Lipinski definition) is 4. The first-order valence-corrected chi connectivity index (χ1v) is 6.92. The highest BCUT2D eigenvalue weighted by Gasteiger charge is 2.54. The Balaban J connectivity index is 2.18. The predicted octanol–water partition coefficient (Wildman–Crippen LogP) is -0.160. The van der Waals surface area contributed by atoms with Crippen molar-refractivity contribution in [3.63, 3.8) is 0 Å². The summed E-state index contributed by atoms with van der Waals surface area (Å²) in [6.07, 6.45) is 1.89. The largest absolute Gasteiger partial charge is 0.409 e. The highest BCUT2D eigenvalue weighted by atomic mass is 16.4. The lowest BCUT2D eigenvalue weighted by molar-refractivity contribution is -0.147. The molecule has 2 rings (SSSR count). The highest BCUT2D eigenvalue weighted by Crippen LogP contribution is 2.47. The normalized spacial score (nSPS) is 31.8. The molecule has 1 aliphatic heterocycles. The summed E-state index contributed by atoms with van der Waals surface area (Å²) in [5, 5.41) is 12.0. The Hall–Kier alpha value is -1.79. The summed E-state index contributed by atoms with van der Waals surface area (Å²) in [5.74, 6) is 0.0719. The average Bonchev–Trinajstić information content (AvgIpc) is 2.55. The van der Waals surface area contributed by atoms with Crippen molar-refractivity contribution in [3.05, 3.63) is 0 Å². The summed E-state index contributed by atoms with van der Waals surface area (Å²) in [6.45, 7) is 3.28. The summed E-state index contributed by atoms with van der Waals surface area (Å²) < 4.78 is 0. The van der Waals surface area contributed by atoms with Crippen molar-refractivity contribution >= 4 is 17.6 Å². The van der Waals surface area contributed by atoms with Gasteiger partial charge in [-0.05, 0) is 25.2 Å². The lowest BCUT2D eigenvalue weighted by Crippen LogP contribution is -2.58. The number of oxime groups is 1. The minimum atomic E-state index is -0.919. The van der Waals surface area contributed by atoms with Crippen molar-refractivity contribution in [3.8, 4) is 0 Å². The van der Waals surface area contributed by atoms with Crippen LogP contribution in [0.3, 0.4) is 0 Å². The number of amidine groups is 1. The maximum Gasteiger partial charge on any atom is 0.241 e. The Kier molecular flexibility index (Phi) is 3.87. The molecule has 7 nitrogen and oxygen atoms in total. The van der Waals surface area contributed by atoms with E-state index in [-0.39, 0.29) is 24.2 Å². The smallest absolute Gasteiger partial charge is 0.241 e. The fourth-order valence-corrected chi connectivity index (χ4v) is 3.18. The zero-order valence-corrected chi connectivity index (χ0v) is 12.0. The van der Waals surface area contributed by atoms with Gasteiger partial charge in [-0.25, -0.2) is 0 Å². The summed E-state index contributed by atoms with van der Waals surface area (Å²) in [6, 6.07) is 0. The van der Waals surface area contributed by atoms with Crippen LogP contribution in [0.25, 0.3) is 0 Å². The molecule has 0 spiro atoms. The van der Waals surface area contributed by atoms with Crippen molar-refractivity contribution < 1.29 is 14.8 Å². The van der Waals surface area contributed by atoms with Crippen LogP contribution in [0.1, 0.15) is 26.2 Å². The van der Waals surface area contributed by atoms with E-state index < -0.39 is 5.41 Å². The first kappa shape index (κ1) is 14.6. The van der Waals surface area contributed by atoms with Crippen LogP contribution in [0.15, 0.2) is 5.16 Å². The minimum absolute atomic E-state index is 0.0364. The molecule has 2 fully saturated rings. The predicted molar refractivity (Wildman–Crippen MR) is 73.1 cm³/mol. The molecule has 112 valence electrons. The molecule has 0 radical (unpaired) electrons. The lowest BCUT2D eigenvalue weighted by atomic mass is 9.61. The van der Waals surface area contributed by atoms with Gasteiger partial charge in [0.2, 0.25) is 11.8 Å². The third kappa shape index (κ3) is 2.32. The van der Waals surface area contributed by atoms with Crippen molar-refractivity contribution in [2.24, 2.45) is 22.2 Å². The van der Waals surface area contributed by atoms with Gasteiger partial charge in [0.1, 0.15) is 5.41 Å². The molecule has 2 amide bonds. The summed E-state index contributed by atoms with van der Waals surface area (Å²) in [7, 11) is 1.74. The van der Waals surface area contributed by atoms with Crippen LogP contribution in [0.4, 0.5) is 0 Å². The van der Waals surface area contributed by atoms with E-state index in [1.807, 2.05) is 6.92 Å². The van der Waals surface area contributed by atoms with Crippen LogP contribution in [-0.2, 0) is 9.59 Å². The number of carbonyl (C=O) groups excluding carboxylic acids is 2. The quantitative estimate of drug-likeness (QED) is 0.318. The van der Waals surface area contributed by atoms with Crippen molar-refractivity contribution in [2.45, 2.75) is 26.2 Å². The number of nitrogens with two attached hydrogens (primary N) is 1. The average molecular weight is 282 g/mol. The zero-order chi connectivity index (χ0) is 14.9.